The second-order valence-corrected chi connectivity index (χ2v) is 2.81. The van der Waals surface area contributed by atoms with Crippen LogP contribution >= 0.6 is 11.3 Å². The Bertz CT molecular complexity index is 321. The third-order valence-electron chi connectivity index (χ3n) is 1.13. The highest BCUT2D eigenvalue weighted by molar-refractivity contribution is 7.11. The summed E-state index contributed by atoms with van der Waals surface area (Å²) in [6, 6.07) is 0. The highest BCUT2D eigenvalue weighted by Crippen LogP contribution is 2.23. The Morgan fingerprint density at radius 1 is 1.69 bits per heavy atom. The first kappa shape index (κ1) is 9.89. The van der Waals surface area contributed by atoms with Crippen LogP contribution < -0.4 is 4.74 Å². The van der Waals surface area contributed by atoms with Crippen molar-refractivity contribution in [2.24, 2.45) is 0 Å². The maximum Gasteiger partial charge on any atom is 0.389 e. The molecule has 0 bridgehead atoms. The van der Waals surface area contributed by atoms with Gasteiger partial charge in [-0.25, -0.2) is 4.98 Å². The van der Waals surface area contributed by atoms with Crippen LogP contribution in [0.1, 0.15) is 11.8 Å². The van der Waals surface area contributed by atoms with Gasteiger partial charge in [0.1, 0.15) is 0 Å². The molecule has 0 saturated carbocycles. The van der Waals surface area contributed by atoms with Gasteiger partial charge in [0.25, 0.3) is 5.19 Å². The molecule has 0 radical (unpaired) electrons. The summed E-state index contributed by atoms with van der Waals surface area (Å²) in [5.74, 6) is 2.00. The van der Waals surface area contributed by atoms with Crippen molar-refractivity contribution in [2.75, 3.05) is 0 Å². The molecule has 13 heavy (non-hydrogen) atoms. The maximum atomic E-state index is 11.7. The largest absolute Gasteiger partial charge is 0.408 e. The number of rotatable bonds is 3. The zero-order valence-corrected chi connectivity index (χ0v) is 7.09. The van der Waals surface area contributed by atoms with Gasteiger partial charge in [0.05, 0.1) is 5.69 Å². The highest BCUT2D eigenvalue weighted by atomic mass is 32.1. The fraction of sp³-hybridized carbons (Fsp3) is 0.286. The highest BCUT2D eigenvalue weighted by Gasteiger charge is 2.12. The number of halogens is 2. The normalized spacial score (nSPS) is 12.5. The predicted octanol–water partition coefficient (Wildman–Crippen LogP) is 1.41. The van der Waals surface area contributed by atoms with Crippen molar-refractivity contribution in [1.82, 2.24) is 4.98 Å². The molecule has 0 saturated heterocycles. The van der Waals surface area contributed by atoms with E-state index in [-0.39, 0.29) is 10.9 Å². The fourth-order valence-electron chi connectivity index (χ4n) is 0.610. The summed E-state index contributed by atoms with van der Waals surface area (Å²) < 4.78 is 27.3. The van der Waals surface area contributed by atoms with Crippen LogP contribution in [-0.2, 0) is 0 Å². The number of hydrogen-bond acceptors (Lipinski definition) is 4. The van der Waals surface area contributed by atoms with Gasteiger partial charge in [-0.15, -0.1) is 6.42 Å². The van der Waals surface area contributed by atoms with Crippen LogP contribution in [0, 0.1) is 12.3 Å². The minimum absolute atomic E-state index is 0.142. The Morgan fingerprint density at radius 2 is 2.38 bits per heavy atom. The van der Waals surface area contributed by atoms with Crippen molar-refractivity contribution in [2.45, 2.75) is 12.7 Å². The van der Waals surface area contributed by atoms with E-state index in [1.54, 1.807) is 0 Å². The van der Waals surface area contributed by atoms with Gasteiger partial charge in [-0.05, 0) is 0 Å². The molecule has 1 N–H and O–H groups in total. The third-order valence-corrected chi connectivity index (χ3v) is 1.88. The molecular formula is C7H5F2NO2S. The lowest BCUT2D eigenvalue weighted by Gasteiger charge is -1.98. The number of ether oxygens (including phenoxy) is 1. The van der Waals surface area contributed by atoms with Crippen molar-refractivity contribution < 1.29 is 18.6 Å². The standard InChI is InChI=1S/C7H5F2NO2S/c1-2-5(11)4-3-13-7(10-4)12-6(8)9/h1,3,5-6,11H. The lowest BCUT2D eigenvalue weighted by molar-refractivity contribution is -0.0501. The summed E-state index contributed by atoms with van der Waals surface area (Å²) in [6.45, 7) is -2.91. The minimum atomic E-state index is -2.91. The zero-order chi connectivity index (χ0) is 9.84. The molecule has 6 heteroatoms. The van der Waals surface area contributed by atoms with Gasteiger partial charge >= 0.3 is 6.61 Å². The van der Waals surface area contributed by atoms with Crippen LogP contribution in [-0.4, -0.2) is 16.7 Å². The van der Waals surface area contributed by atoms with E-state index in [4.69, 9.17) is 11.5 Å². The molecule has 0 aliphatic rings. The first-order valence-electron chi connectivity index (χ1n) is 3.18. The topological polar surface area (TPSA) is 42.4 Å². The summed E-state index contributed by atoms with van der Waals surface area (Å²) in [7, 11) is 0. The Balaban J connectivity index is 2.70. The van der Waals surface area contributed by atoms with Crippen molar-refractivity contribution in [3.8, 4) is 17.5 Å². The van der Waals surface area contributed by atoms with Crippen LogP contribution in [0.4, 0.5) is 8.78 Å². The van der Waals surface area contributed by atoms with E-state index in [1.807, 2.05) is 5.92 Å². The molecule has 1 aromatic heterocycles. The van der Waals surface area contributed by atoms with E-state index in [1.165, 1.54) is 5.38 Å². The van der Waals surface area contributed by atoms with Crippen LogP contribution in [0.2, 0.25) is 0 Å². The number of aliphatic hydroxyl groups is 1. The van der Waals surface area contributed by atoms with Crippen molar-refractivity contribution in [1.29, 1.82) is 0 Å². The molecule has 0 fully saturated rings. The monoisotopic (exact) mass is 205 g/mol. The molecule has 1 heterocycles. The molecular weight excluding hydrogens is 200 g/mol. The van der Waals surface area contributed by atoms with Crippen molar-refractivity contribution in [3.05, 3.63) is 11.1 Å². The van der Waals surface area contributed by atoms with E-state index in [2.05, 4.69) is 9.72 Å². The second-order valence-electron chi connectivity index (χ2n) is 1.99. The molecule has 1 atom stereocenters. The number of terminal acetylenes is 1. The van der Waals surface area contributed by atoms with Gasteiger partial charge in [0.2, 0.25) is 0 Å². The molecule has 1 aromatic rings. The Morgan fingerprint density at radius 3 is 2.92 bits per heavy atom. The fourth-order valence-corrected chi connectivity index (χ4v) is 1.30. The van der Waals surface area contributed by atoms with Gasteiger partial charge < -0.3 is 9.84 Å². The molecule has 3 nitrogen and oxygen atoms in total. The lowest BCUT2D eigenvalue weighted by Crippen LogP contribution is -2.02. The number of aromatic nitrogens is 1. The number of hydrogen-bond donors (Lipinski definition) is 1. The zero-order valence-electron chi connectivity index (χ0n) is 6.28. The first-order valence-corrected chi connectivity index (χ1v) is 4.06. The summed E-state index contributed by atoms with van der Waals surface area (Å²) in [5, 5.41) is 10.2. The van der Waals surface area contributed by atoms with E-state index < -0.39 is 12.7 Å². The van der Waals surface area contributed by atoms with Gasteiger partial charge in [-0.2, -0.15) is 8.78 Å². The van der Waals surface area contributed by atoms with Crippen LogP contribution in [0.25, 0.3) is 0 Å². The molecule has 70 valence electrons. The van der Waals surface area contributed by atoms with E-state index in [9.17, 15) is 8.78 Å². The van der Waals surface area contributed by atoms with Crippen molar-refractivity contribution >= 4 is 11.3 Å². The summed E-state index contributed by atoms with van der Waals surface area (Å²) in [5.41, 5.74) is 0.142. The number of aliphatic hydroxyl groups excluding tert-OH is 1. The Labute approximate surface area is 77.0 Å². The summed E-state index contributed by atoms with van der Waals surface area (Å²) in [4.78, 5) is 3.54. The van der Waals surface area contributed by atoms with Crippen molar-refractivity contribution in [3.63, 3.8) is 0 Å². The molecule has 1 rings (SSSR count). The molecule has 0 aliphatic heterocycles. The molecule has 0 amide bonds. The molecule has 0 aliphatic carbocycles. The summed E-state index contributed by atoms with van der Waals surface area (Å²) in [6.07, 6.45) is 3.72. The number of nitrogens with zero attached hydrogens (tertiary/aromatic N) is 1. The average Bonchev–Trinajstić information content (AvgIpc) is 2.50. The molecule has 0 spiro atoms. The first-order chi connectivity index (χ1) is 6.13. The average molecular weight is 205 g/mol. The maximum absolute atomic E-state index is 11.7. The van der Waals surface area contributed by atoms with Crippen LogP contribution in [0.3, 0.4) is 0 Å². The Kier molecular flexibility index (Phi) is 3.17. The van der Waals surface area contributed by atoms with Gasteiger partial charge in [0, 0.05) is 5.38 Å². The quantitative estimate of drug-likeness (QED) is 0.758. The number of thiazole rings is 1. The molecule has 0 aromatic carbocycles. The van der Waals surface area contributed by atoms with E-state index >= 15 is 0 Å². The lowest BCUT2D eigenvalue weighted by atomic mass is 10.3. The summed E-state index contributed by atoms with van der Waals surface area (Å²) >= 11 is 0.853. The van der Waals surface area contributed by atoms with Gasteiger partial charge in [0.15, 0.2) is 6.10 Å². The van der Waals surface area contributed by atoms with Gasteiger partial charge in [-0.3, -0.25) is 0 Å². The van der Waals surface area contributed by atoms with E-state index in [0.29, 0.717) is 0 Å². The second kappa shape index (κ2) is 4.16. The van der Waals surface area contributed by atoms with Crippen LogP contribution in [0.15, 0.2) is 5.38 Å². The Hall–Kier alpha value is -1.19. The third kappa shape index (κ3) is 2.65. The van der Waals surface area contributed by atoms with Crippen LogP contribution in [0.5, 0.6) is 5.19 Å². The predicted molar refractivity (Wildman–Crippen MR) is 42.5 cm³/mol. The number of alkyl halides is 2. The molecule has 1 unspecified atom stereocenters. The smallest absolute Gasteiger partial charge is 0.389 e. The minimum Gasteiger partial charge on any atom is -0.408 e. The SMILES string of the molecule is C#CC(O)c1csc(OC(F)F)n1. The van der Waals surface area contributed by atoms with E-state index in [0.717, 1.165) is 11.3 Å². The van der Waals surface area contributed by atoms with Gasteiger partial charge in [-0.1, -0.05) is 17.3 Å².